The van der Waals surface area contributed by atoms with Gasteiger partial charge in [-0.25, -0.2) is 9.97 Å². The lowest BCUT2D eigenvalue weighted by atomic mass is 10.1. The first-order valence-electron chi connectivity index (χ1n) is 6.51. The standard InChI is InChI=1S/C15H17ClN4O/c1-10-17-7-6-12(19-10)9-18-14-8-11(16)4-5-13(14)15(21)20(2)3/h4-8,18H,9H2,1-3H3. The lowest BCUT2D eigenvalue weighted by Gasteiger charge is -2.15. The summed E-state index contributed by atoms with van der Waals surface area (Å²) in [6, 6.07) is 7.00. The molecule has 0 radical (unpaired) electrons. The van der Waals surface area contributed by atoms with Gasteiger partial charge in [-0.1, -0.05) is 11.6 Å². The molecule has 2 rings (SSSR count). The van der Waals surface area contributed by atoms with Crippen molar-refractivity contribution in [1.29, 1.82) is 0 Å². The fraction of sp³-hybridized carbons (Fsp3) is 0.267. The molecule has 1 heterocycles. The molecule has 2 aromatic rings. The molecule has 0 saturated carbocycles. The predicted molar refractivity (Wildman–Crippen MR) is 83.6 cm³/mol. The molecule has 5 nitrogen and oxygen atoms in total. The number of carbonyl (C=O) groups is 1. The van der Waals surface area contributed by atoms with Crippen LogP contribution in [0, 0.1) is 6.92 Å². The number of carbonyl (C=O) groups excluding carboxylic acids is 1. The molecule has 1 amide bonds. The van der Waals surface area contributed by atoms with Crippen LogP contribution in [0.2, 0.25) is 5.02 Å². The second-order valence-electron chi connectivity index (χ2n) is 4.84. The molecule has 6 heteroatoms. The zero-order chi connectivity index (χ0) is 15.4. The highest BCUT2D eigenvalue weighted by Gasteiger charge is 2.13. The lowest BCUT2D eigenvalue weighted by molar-refractivity contribution is 0.0828. The Morgan fingerprint density at radius 2 is 2.10 bits per heavy atom. The van der Waals surface area contributed by atoms with E-state index in [9.17, 15) is 4.79 Å². The number of anilines is 1. The number of amides is 1. The van der Waals surface area contributed by atoms with Gasteiger partial charge in [0.15, 0.2) is 0 Å². The molecule has 0 aliphatic rings. The van der Waals surface area contributed by atoms with E-state index in [4.69, 9.17) is 11.6 Å². The van der Waals surface area contributed by atoms with Crippen LogP contribution < -0.4 is 5.32 Å². The number of hydrogen-bond acceptors (Lipinski definition) is 4. The summed E-state index contributed by atoms with van der Waals surface area (Å²) in [7, 11) is 3.43. The summed E-state index contributed by atoms with van der Waals surface area (Å²) in [5.41, 5.74) is 2.12. The summed E-state index contributed by atoms with van der Waals surface area (Å²) >= 11 is 6.02. The van der Waals surface area contributed by atoms with Gasteiger partial charge >= 0.3 is 0 Å². The normalized spacial score (nSPS) is 10.3. The number of aromatic nitrogens is 2. The molecule has 0 spiro atoms. The second-order valence-corrected chi connectivity index (χ2v) is 5.27. The highest BCUT2D eigenvalue weighted by molar-refractivity contribution is 6.31. The lowest BCUT2D eigenvalue weighted by Crippen LogP contribution is -2.23. The number of aryl methyl sites for hydroxylation is 1. The number of rotatable bonds is 4. The van der Waals surface area contributed by atoms with E-state index in [1.807, 2.05) is 13.0 Å². The van der Waals surface area contributed by atoms with Gasteiger partial charge in [0.1, 0.15) is 5.82 Å². The van der Waals surface area contributed by atoms with Gasteiger partial charge in [-0.15, -0.1) is 0 Å². The van der Waals surface area contributed by atoms with Crippen LogP contribution in [-0.2, 0) is 6.54 Å². The third-order valence-corrected chi connectivity index (χ3v) is 3.15. The Labute approximate surface area is 129 Å². The quantitative estimate of drug-likeness (QED) is 0.943. The summed E-state index contributed by atoms with van der Waals surface area (Å²) in [5.74, 6) is 0.637. The van der Waals surface area contributed by atoms with E-state index in [2.05, 4.69) is 15.3 Å². The molecule has 21 heavy (non-hydrogen) atoms. The van der Waals surface area contributed by atoms with Crippen molar-refractivity contribution in [2.24, 2.45) is 0 Å². The molecule has 1 N–H and O–H groups in total. The SMILES string of the molecule is Cc1nccc(CNc2cc(Cl)ccc2C(=O)N(C)C)n1. The van der Waals surface area contributed by atoms with Crippen molar-refractivity contribution in [3.8, 4) is 0 Å². The first kappa shape index (κ1) is 15.3. The third-order valence-electron chi connectivity index (χ3n) is 2.91. The molecule has 1 aromatic heterocycles. The summed E-state index contributed by atoms with van der Waals surface area (Å²) in [5, 5.41) is 3.79. The maximum atomic E-state index is 12.2. The van der Waals surface area contributed by atoms with Crippen molar-refractivity contribution in [1.82, 2.24) is 14.9 Å². The molecule has 0 fully saturated rings. The fourth-order valence-corrected chi connectivity index (χ4v) is 2.05. The van der Waals surface area contributed by atoms with Crippen molar-refractivity contribution in [2.75, 3.05) is 19.4 Å². The van der Waals surface area contributed by atoms with E-state index in [1.165, 1.54) is 4.90 Å². The van der Waals surface area contributed by atoms with Gasteiger partial charge in [0.2, 0.25) is 0 Å². The van der Waals surface area contributed by atoms with Gasteiger partial charge in [0.05, 0.1) is 17.8 Å². The first-order valence-corrected chi connectivity index (χ1v) is 6.89. The maximum Gasteiger partial charge on any atom is 0.255 e. The number of nitrogens with one attached hydrogen (secondary N) is 1. The van der Waals surface area contributed by atoms with Gasteiger partial charge in [-0.2, -0.15) is 0 Å². The van der Waals surface area contributed by atoms with Gasteiger partial charge in [0.25, 0.3) is 5.91 Å². The average molecular weight is 305 g/mol. The largest absolute Gasteiger partial charge is 0.379 e. The molecule has 1 aromatic carbocycles. The minimum atomic E-state index is -0.0759. The Bertz CT molecular complexity index is 658. The Morgan fingerprint density at radius 1 is 1.33 bits per heavy atom. The number of nitrogens with zero attached hydrogens (tertiary/aromatic N) is 3. The van der Waals surface area contributed by atoms with Crippen LogP contribution in [0.4, 0.5) is 5.69 Å². The zero-order valence-corrected chi connectivity index (χ0v) is 13.0. The van der Waals surface area contributed by atoms with Crippen molar-refractivity contribution in [2.45, 2.75) is 13.5 Å². The molecule has 0 unspecified atom stereocenters. The van der Waals surface area contributed by atoms with E-state index in [0.29, 0.717) is 28.6 Å². The van der Waals surface area contributed by atoms with Crippen molar-refractivity contribution < 1.29 is 4.79 Å². The molecule has 0 aliphatic carbocycles. The van der Waals surface area contributed by atoms with Crippen LogP contribution in [0.1, 0.15) is 21.9 Å². The highest BCUT2D eigenvalue weighted by Crippen LogP contribution is 2.22. The zero-order valence-electron chi connectivity index (χ0n) is 12.2. The van der Waals surface area contributed by atoms with Gasteiger partial charge < -0.3 is 10.2 Å². The van der Waals surface area contributed by atoms with Crippen molar-refractivity contribution in [3.63, 3.8) is 0 Å². The molecule has 0 bridgehead atoms. The Kier molecular flexibility index (Phi) is 4.75. The number of halogens is 1. The van der Waals surface area contributed by atoms with E-state index in [1.54, 1.807) is 38.5 Å². The smallest absolute Gasteiger partial charge is 0.255 e. The minimum absolute atomic E-state index is 0.0759. The van der Waals surface area contributed by atoms with E-state index >= 15 is 0 Å². The van der Waals surface area contributed by atoms with Crippen LogP contribution in [0.15, 0.2) is 30.5 Å². The van der Waals surface area contributed by atoms with Gasteiger partial charge in [0, 0.05) is 31.0 Å². The molecule has 0 atom stereocenters. The van der Waals surface area contributed by atoms with Crippen molar-refractivity contribution >= 4 is 23.2 Å². The third kappa shape index (κ3) is 3.92. The van der Waals surface area contributed by atoms with Gasteiger partial charge in [-0.3, -0.25) is 4.79 Å². The summed E-state index contributed by atoms with van der Waals surface area (Å²) in [4.78, 5) is 22.1. The van der Waals surface area contributed by atoms with Crippen molar-refractivity contribution in [3.05, 3.63) is 52.6 Å². The summed E-state index contributed by atoms with van der Waals surface area (Å²) < 4.78 is 0. The molecule has 0 saturated heterocycles. The Morgan fingerprint density at radius 3 is 2.76 bits per heavy atom. The van der Waals surface area contributed by atoms with Crippen LogP contribution in [0.5, 0.6) is 0 Å². The van der Waals surface area contributed by atoms with Crippen LogP contribution >= 0.6 is 11.6 Å². The molecular weight excluding hydrogens is 288 g/mol. The average Bonchev–Trinajstić information content (AvgIpc) is 2.44. The minimum Gasteiger partial charge on any atom is -0.379 e. The summed E-state index contributed by atoms with van der Waals surface area (Å²) in [6.45, 7) is 2.33. The fourth-order valence-electron chi connectivity index (χ4n) is 1.88. The van der Waals surface area contributed by atoms with E-state index in [0.717, 1.165) is 5.69 Å². The second kappa shape index (κ2) is 6.54. The monoisotopic (exact) mass is 304 g/mol. The van der Waals surface area contributed by atoms with E-state index in [-0.39, 0.29) is 5.91 Å². The molecule has 110 valence electrons. The van der Waals surface area contributed by atoms with E-state index < -0.39 is 0 Å². The van der Waals surface area contributed by atoms with Crippen LogP contribution in [0.3, 0.4) is 0 Å². The maximum absolute atomic E-state index is 12.2. The summed E-state index contributed by atoms with van der Waals surface area (Å²) in [6.07, 6.45) is 1.71. The number of hydrogen-bond donors (Lipinski definition) is 1. The highest BCUT2D eigenvalue weighted by atomic mass is 35.5. The predicted octanol–water partition coefficient (Wildman–Crippen LogP) is 2.75. The van der Waals surface area contributed by atoms with Gasteiger partial charge in [-0.05, 0) is 31.2 Å². The topological polar surface area (TPSA) is 58.1 Å². The molecular formula is C15H17ClN4O. The number of benzene rings is 1. The van der Waals surface area contributed by atoms with Crippen LogP contribution in [-0.4, -0.2) is 34.9 Å². The first-order chi connectivity index (χ1) is 9.97. The Hall–Kier alpha value is -2.14. The molecule has 0 aliphatic heterocycles. The van der Waals surface area contributed by atoms with Crippen LogP contribution in [0.25, 0.3) is 0 Å². The Balaban J connectivity index is 2.22.